The first-order chi connectivity index (χ1) is 8.07. The number of hydrogen-bond acceptors (Lipinski definition) is 3. The van der Waals surface area contributed by atoms with Gasteiger partial charge in [0.2, 0.25) is 0 Å². The van der Waals surface area contributed by atoms with E-state index in [9.17, 15) is 4.79 Å². The van der Waals surface area contributed by atoms with E-state index in [4.69, 9.17) is 4.74 Å². The van der Waals surface area contributed by atoms with Crippen molar-refractivity contribution in [3.8, 4) is 0 Å². The average molecular weight is 235 g/mol. The van der Waals surface area contributed by atoms with E-state index in [2.05, 4.69) is 5.10 Å². The Bertz CT molecular complexity index is 610. The maximum absolute atomic E-state index is 12.3. The van der Waals surface area contributed by atoms with Crippen LogP contribution in [0.3, 0.4) is 0 Å². The summed E-state index contributed by atoms with van der Waals surface area (Å²) in [5.41, 5.74) is 2.01. The zero-order valence-corrected chi connectivity index (χ0v) is 10.6. The highest BCUT2D eigenvalue weighted by atomic mass is 16.5. The van der Waals surface area contributed by atoms with Crippen molar-refractivity contribution in [3.05, 3.63) is 27.9 Å². The fourth-order valence-corrected chi connectivity index (χ4v) is 2.05. The molecule has 5 heteroatoms. The Balaban J connectivity index is 2.67. The van der Waals surface area contributed by atoms with E-state index in [1.54, 1.807) is 13.3 Å². The van der Waals surface area contributed by atoms with Gasteiger partial charge in [-0.1, -0.05) is 0 Å². The smallest absolute Gasteiger partial charge is 0.276 e. The molecule has 0 radical (unpaired) electrons. The van der Waals surface area contributed by atoms with Crippen molar-refractivity contribution in [1.82, 2.24) is 14.3 Å². The molecule has 2 heterocycles. The number of nitrogens with zero attached hydrogens (tertiary/aromatic N) is 3. The molecule has 5 nitrogen and oxygen atoms in total. The van der Waals surface area contributed by atoms with Crippen molar-refractivity contribution < 1.29 is 4.74 Å². The Morgan fingerprint density at radius 2 is 2.06 bits per heavy atom. The molecule has 0 aliphatic heterocycles. The standard InChI is InChI=1S/C12H17N3O2/c1-8-10-7-13-15(5-6-17-4)12(16)11(10)9(2)14(8)3/h7H,5-6H2,1-4H3. The molecule has 0 spiro atoms. The molecule has 92 valence electrons. The van der Waals surface area contributed by atoms with Gasteiger partial charge in [0.15, 0.2) is 0 Å². The van der Waals surface area contributed by atoms with E-state index < -0.39 is 0 Å². The SMILES string of the molecule is COCCn1ncc2c(C)n(C)c(C)c2c1=O. The molecule has 2 aromatic heterocycles. The lowest BCUT2D eigenvalue weighted by molar-refractivity contribution is 0.182. The summed E-state index contributed by atoms with van der Waals surface area (Å²) >= 11 is 0. The number of methoxy groups -OCH3 is 1. The van der Waals surface area contributed by atoms with Gasteiger partial charge < -0.3 is 9.30 Å². The van der Waals surface area contributed by atoms with E-state index in [0.29, 0.717) is 13.2 Å². The average Bonchev–Trinajstić information content (AvgIpc) is 2.54. The molecule has 0 atom stereocenters. The highest BCUT2D eigenvalue weighted by Gasteiger charge is 2.13. The molecule has 17 heavy (non-hydrogen) atoms. The fourth-order valence-electron chi connectivity index (χ4n) is 2.05. The first kappa shape index (κ1) is 11.9. The molecule has 0 saturated carbocycles. The van der Waals surface area contributed by atoms with Crippen molar-refractivity contribution in [3.63, 3.8) is 0 Å². The number of hydrogen-bond donors (Lipinski definition) is 0. The quantitative estimate of drug-likeness (QED) is 0.797. The van der Waals surface area contributed by atoms with Gasteiger partial charge in [0.05, 0.1) is 24.7 Å². The molecule has 0 N–H and O–H groups in total. The van der Waals surface area contributed by atoms with Crippen LogP contribution < -0.4 is 5.56 Å². The van der Waals surface area contributed by atoms with Crippen LogP contribution in [0.5, 0.6) is 0 Å². The number of fused-ring (bicyclic) bond motifs is 1. The van der Waals surface area contributed by atoms with Crippen molar-refractivity contribution in [2.45, 2.75) is 20.4 Å². The van der Waals surface area contributed by atoms with Crippen LogP contribution in [0, 0.1) is 13.8 Å². The Morgan fingerprint density at radius 3 is 2.71 bits per heavy atom. The monoisotopic (exact) mass is 235 g/mol. The summed E-state index contributed by atoms with van der Waals surface area (Å²) in [6.07, 6.45) is 1.76. The maximum atomic E-state index is 12.3. The van der Waals surface area contributed by atoms with E-state index in [-0.39, 0.29) is 5.56 Å². The lowest BCUT2D eigenvalue weighted by atomic mass is 10.2. The van der Waals surface area contributed by atoms with Gasteiger partial charge in [0.25, 0.3) is 5.56 Å². The molecule has 0 aromatic carbocycles. The predicted molar refractivity (Wildman–Crippen MR) is 66.3 cm³/mol. The van der Waals surface area contributed by atoms with Crippen molar-refractivity contribution in [1.29, 1.82) is 0 Å². The van der Waals surface area contributed by atoms with E-state index in [1.807, 2.05) is 25.5 Å². The summed E-state index contributed by atoms with van der Waals surface area (Å²) in [7, 11) is 3.57. The lowest BCUT2D eigenvalue weighted by Crippen LogP contribution is -2.24. The molecule has 0 aliphatic carbocycles. The lowest BCUT2D eigenvalue weighted by Gasteiger charge is -2.03. The van der Waals surface area contributed by atoms with Gasteiger partial charge in [-0.3, -0.25) is 4.79 Å². The zero-order valence-electron chi connectivity index (χ0n) is 10.6. The van der Waals surface area contributed by atoms with E-state index in [1.165, 1.54) is 4.68 Å². The predicted octanol–water partition coefficient (Wildman–Crippen LogP) is 0.998. The molecular weight excluding hydrogens is 218 g/mol. The number of aryl methyl sites for hydroxylation is 2. The van der Waals surface area contributed by atoms with E-state index >= 15 is 0 Å². The molecule has 0 fully saturated rings. The molecule has 0 aliphatic rings. The first-order valence-corrected chi connectivity index (χ1v) is 5.58. The minimum Gasteiger partial charge on any atom is -0.383 e. The van der Waals surface area contributed by atoms with Crippen molar-refractivity contribution >= 4 is 10.8 Å². The molecule has 0 amide bonds. The van der Waals surface area contributed by atoms with Gasteiger partial charge in [-0.15, -0.1) is 0 Å². The molecule has 0 bridgehead atoms. The Labute approximate surface area is 99.6 Å². The summed E-state index contributed by atoms with van der Waals surface area (Å²) in [5.74, 6) is 0. The van der Waals surface area contributed by atoms with Crippen LogP contribution in [0.4, 0.5) is 0 Å². The van der Waals surface area contributed by atoms with Crippen molar-refractivity contribution in [2.24, 2.45) is 7.05 Å². The van der Waals surface area contributed by atoms with Crippen LogP contribution in [0.2, 0.25) is 0 Å². The van der Waals surface area contributed by atoms with Crippen LogP contribution in [-0.4, -0.2) is 28.1 Å². The van der Waals surface area contributed by atoms with Crippen LogP contribution in [0.1, 0.15) is 11.4 Å². The Hall–Kier alpha value is -1.62. The number of rotatable bonds is 3. The second kappa shape index (κ2) is 4.33. The van der Waals surface area contributed by atoms with E-state index in [0.717, 1.165) is 22.2 Å². The fraction of sp³-hybridized carbons (Fsp3) is 0.500. The van der Waals surface area contributed by atoms with Crippen LogP contribution in [0.15, 0.2) is 11.0 Å². The third kappa shape index (κ3) is 1.76. The van der Waals surface area contributed by atoms with Gasteiger partial charge in [-0.25, -0.2) is 4.68 Å². The van der Waals surface area contributed by atoms with Crippen molar-refractivity contribution in [2.75, 3.05) is 13.7 Å². The normalized spacial score (nSPS) is 11.3. The van der Waals surface area contributed by atoms with Crippen LogP contribution >= 0.6 is 0 Å². The summed E-state index contributed by atoms with van der Waals surface area (Å²) in [6, 6.07) is 0. The second-order valence-corrected chi connectivity index (χ2v) is 4.18. The molecule has 2 aromatic rings. The Kier molecular flexibility index (Phi) is 3.02. The molecule has 0 unspecified atom stereocenters. The summed E-state index contributed by atoms with van der Waals surface area (Å²) in [6.45, 7) is 4.93. The molecule has 2 rings (SSSR count). The van der Waals surface area contributed by atoms with Gasteiger partial charge >= 0.3 is 0 Å². The summed E-state index contributed by atoms with van der Waals surface area (Å²) < 4.78 is 8.45. The summed E-state index contributed by atoms with van der Waals surface area (Å²) in [4.78, 5) is 12.3. The van der Waals surface area contributed by atoms with Gasteiger partial charge in [0.1, 0.15) is 0 Å². The summed E-state index contributed by atoms with van der Waals surface area (Å²) in [5, 5.41) is 5.86. The largest absolute Gasteiger partial charge is 0.383 e. The zero-order chi connectivity index (χ0) is 12.6. The van der Waals surface area contributed by atoms with Gasteiger partial charge in [0, 0.05) is 30.9 Å². The van der Waals surface area contributed by atoms with Crippen LogP contribution in [0.25, 0.3) is 10.8 Å². The third-order valence-corrected chi connectivity index (χ3v) is 3.31. The van der Waals surface area contributed by atoms with Gasteiger partial charge in [-0.05, 0) is 13.8 Å². The number of ether oxygens (including phenoxy) is 1. The van der Waals surface area contributed by atoms with Crippen LogP contribution in [-0.2, 0) is 18.3 Å². The Morgan fingerprint density at radius 1 is 1.35 bits per heavy atom. The molecular formula is C12H17N3O2. The maximum Gasteiger partial charge on any atom is 0.276 e. The second-order valence-electron chi connectivity index (χ2n) is 4.18. The molecule has 0 saturated heterocycles. The highest BCUT2D eigenvalue weighted by molar-refractivity contribution is 5.86. The minimum atomic E-state index is -0.0410. The number of aromatic nitrogens is 3. The topological polar surface area (TPSA) is 49.0 Å². The third-order valence-electron chi connectivity index (χ3n) is 3.31. The minimum absolute atomic E-state index is 0.0410. The highest BCUT2D eigenvalue weighted by Crippen LogP contribution is 2.19. The first-order valence-electron chi connectivity index (χ1n) is 5.58. The van der Waals surface area contributed by atoms with Gasteiger partial charge in [-0.2, -0.15) is 5.10 Å².